The van der Waals surface area contributed by atoms with Crippen LogP contribution >= 0.6 is 11.8 Å². The molecule has 1 atom stereocenters. The van der Waals surface area contributed by atoms with Crippen LogP contribution in [0, 0.1) is 6.92 Å². The zero-order valence-electron chi connectivity index (χ0n) is 19.8. The molecule has 0 aliphatic heterocycles. The number of hydrogen-bond acceptors (Lipinski definition) is 3. The molecule has 0 aliphatic rings. The largest absolute Gasteiger partial charge is 0.345 e. The van der Waals surface area contributed by atoms with E-state index in [9.17, 15) is 9.59 Å². The maximum atomic E-state index is 13.0. The van der Waals surface area contributed by atoms with Crippen LogP contribution in [0.3, 0.4) is 0 Å². The van der Waals surface area contributed by atoms with Crippen LogP contribution in [-0.2, 0) is 5.75 Å². The van der Waals surface area contributed by atoms with Gasteiger partial charge in [-0.15, -0.1) is 11.8 Å². The van der Waals surface area contributed by atoms with Gasteiger partial charge < -0.3 is 10.6 Å². The van der Waals surface area contributed by atoms with Gasteiger partial charge in [-0.25, -0.2) is 0 Å². The molecule has 0 saturated heterocycles. The first kappa shape index (κ1) is 24.3. The van der Waals surface area contributed by atoms with E-state index in [1.54, 1.807) is 36.0 Å². The van der Waals surface area contributed by atoms with Crippen molar-refractivity contribution in [3.63, 3.8) is 0 Å². The lowest BCUT2D eigenvalue weighted by Gasteiger charge is -2.16. The van der Waals surface area contributed by atoms with Gasteiger partial charge >= 0.3 is 0 Å². The Morgan fingerprint density at radius 2 is 1.43 bits per heavy atom. The van der Waals surface area contributed by atoms with E-state index in [2.05, 4.69) is 41.8 Å². The van der Waals surface area contributed by atoms with Crippen LogP contribution in [0.2, 0.25) is 0 Å². The van der Waals surface area contributed by atoms with Crippen molar-refractivity contribution in [2.75, 3.05) is 5.32 Å². The van der Waals surface area contributed by atoms with Gasteiger partial charge in [-0.1, -0.05) is 72.3 Å². The summed E-state index contributed by atoms with van der Waals surface area (Å²) in [6, 6.07) is 32.7. The maximum absolute atomic E-state index is 13.0. The quantitative estimate of drug-likeness (QED) is 0.266. The summed E-state index contributed by atoms with van der Waals surface area (Å²) in [5.74, 6) is 0.341. The summed E-state index contributed by atoms with van der Waals surface area (Å²) in [5, 5.41) is 5.91. The minimum Gasteiger partial charge on any atom is -0.345 e. The van der Waals surface area contributed by atoms with Crippen molar-refractivity contribution in [3.05, 3.63) is 131 Å². The molecule has 0 bridgehead atoms. The Kier molecular flexibility index (Phi) is 8.01. The number of aryl methyl sites for hydroxylation is 1. The van der Waals surface area contributed by atoms with Crippen molar-refractivity contribution in [2.24, 2.45) is 0 Å². The smallest absolute Gasteiger partial charge is 0.255 e. The maximum Gasteiger partial charge on any atom is 0.255 e. The molecule has 4 rings (SSSR count). The number of hydrogen-bond donors (Lipinski definition) is 2. The van der Waals surface area contributed by atoms with Crippen LogP contribution in [0.5, 0.6) is 0 Å². The number of nitrogens with one attached hydrogen (secondary N) is 2. The molecule has 35 heavy (non-hydrogen) atoms. The van der Waals surface area contributed by atoms with Crippen LogP contribution in [0.1, 0.15) is 50.4 Å². The van der Waals surface area contributed by atoms with Crippen molar-refractivity contribution in [3.8, 4) is 0 Å². The monoisotopic (exact) mass is 480 g/mol. The lowest BCUT2D eigenvalue weighted by atomic mass is 10.1. The lowest BCUT2D eigenvalue weighted by Crippen LogP contribution is -2.28. The second-order valence-corrected chi connectivity index (χ2v) is 9.45. The first-order chi connectivity index (χ1) is 17.0. The standard InChI is InChI=1S/C30H28N2O2S/c1-21-12-18-26(19-13-21)35-20-23-14-16-25(17-15-23)29(33)32-28-11-7-6-10-27(28)30(34)31-22(2)24-8-4-3-5-9-24/h3-19,22H,20H2,1-2H3,(H,31,34)(H,32,33)/t22-/m0/s1. The predicted octanol–water partition coefficient (Wildman–Crippen LogP) is 7.03. The average molecular weight is 481 g/mol. The molecule has 4 nitrogen and oxygen atoms in total. The third-order valence-corrected chi connectivity index (χ3v) is 6.79. The Labute approximate surface area is 210 Å². The number of para-hydroxylation sites is 1. The molecule has 0 heterocycles. The van der Waals surface area contributed by atoms with Crippen LogP contribution in [-0.4, -0.2) is 11.8 Å². The number of anilines is 1. The molecule has 0 saturated carbocycles. The molecular weight excluding hydrogens is 452 g/mol. The molecule has 0 fully saturated rings. The minimum atomic E-state index is -0.251. The molecule has 2 amide bonds. The highest BCUT2D eigenvalue weighted by atomic mass is 32.2. The fraction of sp³-hybridized carbons (Fsp3) is 0.133. The number of carbonyl (C=O) groups excluding carboxylic acids is 2. The number of benzene rings is 4. The first-order valence-electron chi connectivity index (χ1n) is 11.5. The molecule has 4 aromatic rings. The van der Waals surface area contributed by atoms with Gasteiger partial charge in [0.2, 0.25) is 0 Å². The predicted molar refractivity (Wildman–Crippen MR) is 144 cm³/mol. The topological polar surface area (TPSA) is 58.2 Å². The lowest BCUT2D eigenvalue weighted by molar-refractivity contribution is 0.0940. The second kappa shape index (κ2) is 11.5. The van der Waals surface area contributed by atoms with E-state index in [-0.39, 0.29) is 17.9 Å². The van der Waals surface area contributed by atoms with Crippen molar-refractivity contribution in [1.29, 1.82) is 0 Å². The van der Waals surface area contributed by atoms with E-state index >= 15 is 0 Å². The second-order valence-electron chi connectivity index (χ2n) is 8.40. The molecular formula is C30H28N2O2S. The van der Waals surface area contributed by atoms with Gasteiger partial charge in [0, 0.05) is 16.2 Å². The summed E-state index contributed by atoms with van der Waals surface area (Å²) in [5.41, 5.74) is 4.85. The summed E-state index contributed by atoms with van der Waals surface area (Å²) in [7, 11) is 0. The van der Waals surface area contributed by atoms with E-state index in [0.717, 1.165) is 16.9 Å². The third-order valence-electron chi connectivity index (χ3n) is 5.71. The Bertz CT molecular complexity index is 1290. The van der Waals surface area contributed by atoms with Crippen molar-refractivity contribution in [1.82, 2.24) is 5.32 Å². The van der Waals surface area contributed by atoms with Gasteiger partial charge in [-0.3, -0.25) is 9.59 Å². The number of carbonyl (C=O) groups is 2. The zero-order valence-corrected chi connectivity index (χ0v) is 20.6. The molecule has 0 radical (unpaired) electrons. The highest BCUT2D eigenvalue weighted by molar-refractivity contribution is 7.98. The molecule has 5 heteroatoms. The van der Waals surface area contributed by atoms with E-state index in [1.165, 1.54) is 10.5 Å². The Morgan fingerprint density at radius 1 is 0.771 bits per heavy atom. The summed E-state index contributed by atoms with van der Waals surface area (Å²) in [6.45, 7) is 4.02. The molecule has 176 valence electrons. The van der Waals surface area contributed by atoms with Crippen molar-refractivity contribution in [2.45, 2.75) is 30.5 Å². The molecule has 4 aromatic carbocycles. The van der Waals surface area contributed by atoms with E-state index < -0.39 is 0 Å². The zero-order chi connectivity index (χ0) is 24.6. The molecule has 0 aromatic heterocycles. The van der Waals surface area contributed by atoms with E-state index in [0.29, 0.717) is 16.8 Å². The fourth-order valence-electron chi connectivity index (χ4n) is 3.64. The van der Waals surface area contributed by atoms with E-state index in [1.807, 2.05) is 61.5 Å². The van der Waals surface area contributed by atoms with Crippen LogP contribution in [0.25, 0.3) is 0 Å². The van der Waals surface area contributed by atoms with Gasteiger partial charge in [0.25, 0.3) is 11.8 Å². The normalized spacial score (nSPS) is 11.5. The van der Waals surface area contributed by atoms with Gasteiger partial charge in [0.1, 0.15) is 0 Å². The summed E-state index contributed by atoms with van der Waals surface area (Å²) in [4.78, 5) is 27.1. The summed E-state index contributed by atoms with van der Waals surface area (Å²) in [6.07, 6.45) is 0. The van der Waals surface area contributed by atoms with Crippen LogP contribution in [0.4, 0.5) is 5.69 Å². The van der Waals surface area contributed by atoms with Gasteiger partial charge in [-0.05, 0) is 61.4 Å². The van der Waals surface area contributed by atoms with Crippen molar-refractivity contribution < 1.29 is 9.59 Å². The third kappa shape index (κ3) is 6.61. The highest BCUT2D eigenvalue weighted by Gasteiger charge is 2.16. The Hall–Kier alpha value is -3.83. The van der Waals surface area contributed by atoms with E-state index in [4.69, 9.17) is 0 Å². The summed E-state index contributed by atoms with van der Waals surface area (Å²) < 4.78 is 0. The van der Waals surface area contributed by atoms with Gasteiger partial charge in [-0.2, -0.15) is 0 Å². The highest BCUT2D eigenvalue weighted by Crippen LogP contribution is 2.24. The fourth-order valence-corrected chi connectivity index (χ4v) is 4.49. The SMILES string of the molecule is Cc1ccc(SCc2ccc(C(=O)Nc3ccccc3C(=O)N[C@@H](C)c3ccccc3)cc2)cc1. The van der Waals surface area contributed by atoms with Gasteiger partial charge in [0.15, 0.2) is 0 Å². The molecule has 0 spiro atoms. The molecule has 0 aliphatic carbocycles. The van der Waals surface area contributed by atoms with Gasteiger partial charge in [0.05, 0.1) is 17.3 Å². The number of rotatable bonds is 8. The number of thioether (sulfide) groups is 1. The first-order valence-corrected chi connectivity index (χ1v) is 12.5. The number of amides is 2. The van der Waals surface area contributed by atoms with Crippen LogP contribution in [0.15, 0.2) is 108 Å². The average Bonchev–Trinajstić information content (AvgIpc) is 2.89. The van der Waals surface area contributed by atoms with Crippen LogP contribution < -0.4 is 10.6 Å². The molecule has 2 N–H and O–H groups in total. The Balaban J connectivity index is 1.39. The molecule has 0 unspecified atom stereocenters. The minimum absolute atomic E-state index is 0.155. The Morgan fingerprint density at radius 3 is 2.14 bits per heavy atom. The summed E-state index contributed by atoms with van der Waals surface area (Å²) >= 11 is 1.76. The van der Waals surface area contributed by atoms with Crippen molar-refractivity contribution >= 4 is 29.3 Å².